The third kappa shape index (κ3) is 5.86. The summed E-state index contributed by atoms with van der Waals surface area (Å²) < 4.78 is 0. The van der Waals surface area contributed by atoms with Gasteiger partial charge in [-0.3, -0.25) is 0 Å². The summed E-state index contributed by atoms with van der Waals surface area (Å²) in [6.45, 7) is 9.88. The van der Waals surface area contributed by atoms with Gasteiger partial charge in [0, 0.05) is 5.54 Å². The van der Waals surface area contributed by atoms with Crippen LogP contribution in [0.1, 0.15) is 33.6 Å². The molecule has 11 heavy (non-hydrogen) atoms. The first-order valence-electron chi connectivity index (χ1n) is 4.04. The molecule has 0 saturated carbocycles. The standard InChI is InChI=1S/C10H19N/c1-5-10(4,11)8-6-7-9(2)3/h5,7H,1,6,8,11H2,2-4H3. The lowest BCUT2D eigenvalue weighted by molar-refractivity contribution is 0.540. The topological polar surface area (TPSA) is 26.0 Å². The normalized spacial score (nSPS) is 15.3. The smallest absolute Gasteiger partial charge is 0.0310 e. The summed E-state index contributed by atoms with van der Waals surface area (Å²) in [6, 6.07) is 0. The van der Waals surface area contributed by atoms with E-state index in [1.165, 1.54) is 5.57 Å². The van der Waals surface area contributed by atoms with E-state index in [1.54, 1.807) is 0 Å². The van der Waals surface area contributed by atoms with Crippen LogP contribution in [-0.4, -0.2) is 5.54 Å². The quantitative estimate of drug-likeness (QED) is 0.617. The molecule has 0 spiro atoms. The molecule has 64 valence electrons. The minimum atomic E-state index is -0.202. The summed E-state index contributed by atoms with van der Waals surface area (Å²) in [5.41, 5.74) is 7.00. The monoisotopic (exact) mass is 153 g/mol. The SMILES string of the molecule is C=CC(C)(N)CCC=C(C)C. The lowest BCUT2D eigenvalue weighted by Gasteiger charge is -2.18. The van der Waals surface area contributed by atoms with Crippen molar-refractivity contribution in [2.24, 2.45) is 5.73 Å². The fourth-order valence-electron chi connectivity index (χ4n) is 0.774. The van der Waals surface area contributed by atoms with E-state index >= 15 is 0 Å². The highest BCUT2D eigenvalue weighted by molar-refractivity contribution is 5.00. The summed E-state index contributed by atoms with van der Waals surface area (Å²) in [7, 11) is 0. The van der Waals surface area contributed by atoms with Gasteiger partial charge in [0.1, 0.15) is 0 Å². The van der Waals surface area contributed by atoms with Crippen molar-refractivity contribution in [2.45, 2.75) is 39.2 Å². The van der Waals surface area contributed by atoms with Gasteiger partial charge in [0.05, 0.1) is 0 Å². The predicted molar refractivity (Wildman–Crippen MR) is 51.5 cm³/mol. The van der Waals surface area contributed by atoms with Crippen LogP contribution in [0.2, 0.25) is 0 Å². The number of allylic oxidation sites excluding steroid dienone is 2. The average molecular weight is 153 g/mol. The maximum absolute atomic E-state index is 5.85. The summed E-state index contributed by atoms with van der Waals surface area (Å²) >= 11 is 0. The summed E-state index contributed by atoms with van der Waals surface area (Å²) in [4.78, 5) is 0. The van der Waals surface area contributed by atoms with Crippen molar-refractivity contribution >= 4 is 0 Å². The molecule has 0 aliphatic heterocycles. The fourth-order valence-corrected chi connectivity index (χ4v) is 0.774. The zero-order chi connectivity index (χ0) is 8.91. The van der Waals surface area contributed by atoms with Gasteiger partial charge in [0.2, 0.25) is 0 Å². The van der Waals surface area contributed by atoms with E-state index in [0.29, 0.717) is 0 Å². The Morgan fingerprint density at radius 2 is 2.09 bits per heavy atom. The zero-order valence-corrected chi connectivity index (χ0v) is 7.85. The van der Waals surface area contributed by atoms with Gasteiger partial charge >= 0.3 is 0 Å². The van der Waals surface area contributed by atoms with Crippen LogP contribution in [-0.2, 0) is 0 Å². The molecule has 1 nitrogen and oxygen atoms in total. The lowest BCUT2D eigenvalue weighted by Crippen LogP contribution is -2.32. The van der Waals surface area contributed by atoms with Crippen LogP contribution in [0.4, 0.5) is 0 Å². The third-order valence-electron chi connectivity index (χ3n) is 1.70. The Hall–Kier alpha value is -0.560. The number of nitrogens with two attached hydrogens (primary N) is 1. The van der Waals surface area contributed by atoms with Gasteiger partial charge in [-0.2, -0.15) is 0 Å². The summed E-state index contributed by atoms with van der Waals surface area (Å²) in [5.74, 6) is 0. The van der Waals surface area contributed by atoms with Gasteiger partial charge in [-0.25, -0.2) is 0 Å². The van der Waals surface area contributed by atoms with Crippen molar-refractivity contribution in [1.29, 1.82) is 0 Å². The molecule has 0 aromatic heterocycles. The highest BCUT2D eigenvalue weighted by atomic mass is 14.7. The van der Waals surface area contributed by atoms with Crippen molar-refractivity contribution in [3.63, 3.8) is 0 Å². The highest BCUT2D eigenvalue weighted by Crippen LogP contribution is 2.10. The molecule has 1 unspecified atom stereocenters. The fraction of sp³-hybridized carbons (Fsp3) is 0.600. The largest absolute Gasteiger partial charge is 0.322 e. The molecular weight excluding hydrogens is 134 g/mol. The van der Waals surface area contributed by atoms with Crippen LogP contribution in [0, 0.1) is 0 Å². The Morgan fingerprint density at radius 3 is 2.45 bits per heavy atom. The molecule has 0 aliphatic carbocycles. The predicted octanol–water partition coefficient (Wildman–Crippen LogP) is 2.64. The van der Waals surface area contributed by atoms with Crippen molar-refractivity contribution in [3.05, 3.63) is 24.3 Å². The van der Waals surface area contributed by atoms with Crippen molar-refractivity contribution in [3.8, 4) is 0 Å². The van der Waals surface area contributed by atoms with Gasteiger partial charge in [-0.05, 0) is 33.6 Å². The van der Waals surface area contributed by atoms with Gasteiger partial charge in [-0.15, -0.1) is 6.58 Å². The molecule has 0 radical (unpaired) electrons. The molecular formula is C10H19N. The molecule has 0 bridgehead atoms. The summed E-state index contributed by atoms with van der Waals surface area (Å²) in [6.07, 6.45) is 6.03. The maximum atomic E-state index is 5.85. The zero-order valence-electron chi connectivity index (χ0n) is 7.85. The van der Waals surface area contributed by atoms with E-state index in [-0.39, 0.29) is 5.54 Å². The third-order valence-corrected chi connectivity index (χ3v) is 1.70. The second-order valence-electron chi connectivity index (χ2n) is 3.53. The minimum Gasteiger partial charge on any atom is -0.322 e. The van der Waals surface area contributed by atoms with Crippen LogP contribution in [0.3, 0.4) is 0 Å². The Bertz CT molecular complexity index is 150. The second kappa shape index (κ2) is 4.35. The molecule has 0 amide bonds. The molecule has 0 aromatic carbocycles. The first-order valence-corrected chi connectivity index (χ1v) is 4.04. The van der Waals surface area contributed by atoms with Crippen LogP contribution in [0.25, 0.3) is 0 Å². The maximum Gasteiger partial charge on any atom is 0.0310 e. The second-order valence-corrected chi connectivity index (χ2v) is 3.53. The molecule has 0 aliphatic rings. The first kappa shape index (κ1) is 10.4. The van der Waals surface area contributed by atoms with E-state index in [4.69, 9.17) is 5.73 Å². The average Bonchev–Trinajstić information content (AvgIpc) is 1.87. The van der Waals surface area contributed by atoms with Gasteiger partial charge in [0.25, 0.3) is 0 Å². The molecule has 1 heteroatoms. The summed E-state index contributed by atoms with van der Waals surface area (Å²) in [5, 5.41) is 0. The Kier molecular flexibility index (Phi) is 4.12. The van der Waals surface area contributed by atoms with Gasteiger partial charge < -0.3 is 5.73 Å². The molecule has 0 fully saturated rings. The Labute approximate surface area is 70.0 Å². The Morgan fingerprint density at radius 1 is 1.55 bits per heavy atom. The van der Waals surface area contributed by atoms with E-state index in [9.17, 15) is 0 Å². The molecule has 0 heterocycles. The van der Waals surface area contributed by atoms with E-state index in [1.807, 2.05) is 13.0 Å². The van der Waals surface area contributed by atoms with E-state index in [0.717, 1.165) is 12.8 Å². The van der Waals surface area contributed by atoms with Gasteiger partial charge in [-0.1, -0.05) is 17.7 Å². The van der Waals surface area contributed by atoms with Crippen molar-refractivity contribution < 1.29 is 0 Å². The van der Waals surface area contributed by atoms with Crippen molar-refractivity contribution in [1.82, 2.24) is 0 Å². The molecule has 0 saturated heterocycles. The molecule has 1 atom stereocenters. The van der Waals surface area contributed by atoms with Gasteiger partial charge in [0.15, 0.2) is 0 Å². The van der Waals surface area contributed by atoms with Crippen LogP contribution < -0.4 is 5.73 Å². The number of rotatable bonds is 4. The van der Waals surface area contributed by atoms with Crippen LogP contribution in [0.5, 0.6) is 0 Å². The number of hydrogen-bond acceptors (Lipinski definition) is 1. The van der Waals surface area contributed by atoms with Crippen LogP contribution in [0.15, 0.2) is 24.3 Å². The minimum absolute atomic E-state index is 0.202. The molecule has 0 aromatic rings. The number of hydrogen-bond donors (Lipinski definition) is 1. The first-order chi connectivity index (χ1) is 4.98. The molecule has 2 N–H and O–H groups in total. The molecule has 0 rings (SSSR count). The van der Waals surface area contributed by atoms with Crippen molar-refractivity contribution in [2.75, 3.05) is 0 Å². The van der Waals surface area contributed by atoms with Crippen LogP contribution >= 0.6 is 0 Å². The van der Waals surface area contributed by atoms with E-state index in [2.05, 4.69) is 26.5 Å². The Balaban J connectivity index is 3.71. The van der Waals surface area contributed by atoms with E-state index < -0.39 is 0 Å². The highest BCUT2D eigenvalue weighted by Gasteiger charge is 2.10. The lowest BCUT2D eigenvalue weighted by atomic mass is 9.97.